The zero-order valence-electron chi connectivity index (χ0n) is 6.95. The molecule has 0 aromatic heterocycles. The van der Waals surface area contributed by atoms with Crippen molar-refractivity contribution in [1.82, 2.24) is 5.32 Å². The maximum Gasteiger partial charge on any atom is 0.0842 e. The predicted molar refractivity (Wildman–Crippen MR) is 46.0 cm³/mol. The molecular weight excluding hydrogens is 180 g/mol. The first kappa shape index (κ1) is 12.0. The molecule has 0 aliphatic rings. The summed E-state index contributed by atoms with van der Waals surface area (Å²) in [4.78, 5) is 0. The lowest BCUT2D eigenvalue weighted by molar-refractivity contribution is 0.292. The fourth-order valence-corrected chi connectivity index (χ4v) is 0.960. The highest BCUT2D eigenvalue weighted by molar-refractivity contribution is 7.74. The smallest absolute Gasteiger partial charge is 0.0842 e. The molecule has 5 nitrogen and oxygen atoms in total. The van der Waals surface area contributed by atoms with Crippen LogP contribution in [0.25, 0.3) is 0 Å². The van der Waals surface area contributed by atoms with Gasteiger partial charge in [-0.15, -0.1) is 0 Å². The second kappa shape index (κ2) is 9.08. The quantitative estimate of drug-likeness (QED) is 0.388. The van der Waals surface area contributed by atoms with E-state index in [2.05, 4.69) is 9.50 Å². The summed E-state index contributed by atoms with van der Waals surface area (Å²) in [7, 11) is 0. The summed E-state index contributed by atoms with van der Waals surface area (Å²) in [5, 5.41) is 3.09. The highest BCUT2D eigenvalue weighted by Crippen LogP contribution is 1.89. The maximum atomic E-state index is 9.88. The van der Waals surface area contributed by atoms with Crippen LogP contribution in [0.4, 0.5) is 0 Å². The Morgan fingerprint density at radius 3 is 2.75 bits per heavy atom. The van der Waals surface area contributed by atoms with Crippen molar-refractivity contribution in [3.05, 3.63) is 0 Å². The molecule has 0 bridgehead atoms. The largest absolute Gasteiger partial charge is 0.750 e. The summed E-state index contributed by atoms with van der Waals surface area (Å²) in [5.41, 5.74) is 5.24. The molecule has 3 N–H and O–H groups in total. The lowest BCUT2D eigenvalue weighted by Gasteiger charge is -2.05. The lowest BCUT2D eigenvalue weighted by atomic mass is 10.3. The standard InChI is InChI=1S/C6H16N2O3S/c7-3-5-8-4-1-2-6-11-12(9)10/h8H,1-7H2,(H,9,10)/p-1. The maximum absolute atomic E-state index is 9.88. The van der Waals surface area contributed by atoms with E-state index in [4.69, 9.17) is 5.73 Å². The van der Waals surface area contributed by atoms with E-state index in [1.807, 2.05) is 0 Å². The van der Waals surface area contributed by atoms with Crippen molar-refractivity contribution in [2.24, 2.45) is 5.73 Å². The van der Waals surface area contributed by atoms with Gasteiger partial charge in [0.05, 0.1) is 18.0 Å². The molecule has 1 unspecified atom stereocenters. The third kappa shape index (κ3) is 9.99. The first-order valence-electron chi connectivity index (χ1n) is 3.90. The van der Waals surface area contributed by atoms with Gasteiger partial charge in [0.15, 0.2) is 0 Å². The van der Waals surface area contributed by atoms with Gasteiger partial charge in [-0.3, -0.25) is 0 Å². The van der Waals surface area contributed by atoms with Gasteiger partial charge in [0.25, 0.3) is 0 Å². The Labute approximate surface area is 75.2 Å². The van der Waals surface area contributed by atoms with Crippen molar-refractivity contribution in [1.29, 1.82) is 0 Å². The van der Waals surface area contributed by atoms with Gasteiger partial charge >= 0.3 is 0 Å². The molecule has 0 aromatic carbocycles. The van der Waals surface area contributed by atoms with E-state index in [9.17, 15) is 8.76 Å². The van der Waals surface area contributed by atoms with E-state index < -0.39 is 11.4 Å². The first-order valence-corrected chi connectivity index (χ1v) is 4.90. The fraction of sp³-hybridized carbons (Fsp3) is 1.00. The van der Waals surface area contributed by atoms with Gasteiger partial charge in [-0.1, -0.05) is 0 Å². The molecule has 0 spiro atoms. The van der Waals surface area contributed by atoms with Crippen LogP contribution in [0.1, 0.15) is 12.8 Å². The highest BCUT2D eigenvalue weighted by Gasteiger charge is 1.89. The van der Waals surface area contributed by atoms with Crippen molar-refractivity contribution >= 4 is 11.4 Å². The first-order chi connectivity index (χ1) is 5.77. The number of hydrogen-bond donors (Lipinski definition) is 2. The molecule has 74 valence electrons. The van der Waals surface area contributed by atoms with Crippen molar-refractivity contribution in [2.75, 3.05) is 26.2 Å². The molecule has 12 heavy (non-hydrogen) atoms. The normalized spacial score (nSPS) is 13.2. The predicted octanol–water partition coefficient (Wildman–Crippen LogP) is -0.874. The van der Waals surface area contributed by atoms with Crippen LogP contribution in [0.5, 0.6) is 0 Å². The monoisotopic (exact) mass is 195 g/mol. The number of rotatable bonds is 8. The Bertz CT molecular complexity index is 123. The van der Waals surface area contributed by atoms with Crippen LogP contribution in [-0.2, 0) is 15.5 Å². The van der Waals surface area contributed by atoms with Crippen LogP contribution in [0.3, 0.4) is 0 Å². The molecular formula is C6H15N2O3S-. The average Bonchev–Trinajstić information content (AvgIpc) is 2.02. The van der Waals surface area contributed by atoms with E-state index in [1.165, 1.54) is 0 Å². The number of nitrogens with one attached hydrogen (secondary N) is 1. The minimum atomic E-state index is -2.36. The minimum absolute atomic E-state index is 0.264. The lowest BCUT2D eigenvalue weighted by Crippen LogP contribution is -2.23. The number of nitrogens with two attached hydrogens (primary N) is 1. The molecule has 0 fully saturated rings. The van der Waals surface area contributed by atoms with Crippen LogP contribution >= 0.6 is 0 Å². The third-order valence-corrected chi connectivity index (χ3v) is 1.61. The van der Waals surface area contributed by atoms with Crippen molar-refractivity contribution in [3.8, 4) is 0 Å². The Hall–Kier alpha value is -0.0100. The van der Waals surface area contributed by atoms with E-state index in [0.29, 0.717) is 6.54 Å². The second-order valence-electron chi connectivity index (χ2n) is 2.27. The van der Waals surface area contributed by atoms with E-state index in [0.717, 1.165) is 25.9 Å². The summed E-state index contributed by atoms with van der Waals surface area (Å²) in [5.74, 6) is 0. The zero-order chi connectivity index (χ0) is 9.23. The molecule has 0 rings (SSSR count). The van der Waals surface area contributed by atoms with Crippen LogP contribution < -0.4 is 11.1 Å². The Morgan fingerprint density at radius 1 is 1.42 bits per heavy atom. The van der Waals surface area contributed by atoms with Crippen LogP contribution in [0.15, 0.2) is 0 Å². The van der Waals surface area contributed by atoms with Crippen molar-refractivity contribution in [3.63, 3.8) is 0 Å². The molecule has 0 aromatic rings. The summed E-state index contributed by atoms with van der Waals surface area (Å²) < 4.78 is 24.1. The molecule has 0 aliphatic carbocycles. The van der Waals surface area contributed by atoms with Crippen molar-refractivity contribution in [2.45, 2.75) is 12.8 Å². The van der Waals surface area contributed by atoms with Gasteiger partial charge in [-0.25, -0.2) is 4.21 Å². The second-order valence-corrected chi connectivity index (χ2v) is 2.92. The van der Waals surface area contributed by atoms with Crippen LogP contribution in [0, 0.1) is 0 Å². The van der Waals surface area contributed by atoms with Gasteiger partial charge in [-0.05, 0) is 19.4 Å². The van der Waals surface area contributed by atoms with Gasteiger partial charge in [0, 0.05) is 13.1 Å². The molecule has 0 amide bonds. The summed E-state index contributed by atoms with van der Waals surface area (Å²) >= 11 is -2.36. The Balaban J connectivity index is 2.86. The number of hydrogen-bond acceptors (Lipinski definition) is 5. The Kier molecular flexibility index (Phi) is 9.07. The summed E-state index contributed by atoms with van der Waals surface area (Å²) in [6, 6.07) is 0. The average molecular weight is 195 g/mol. The third-order valence-electron chi connectivity index (χ3n) is 1.25. The van der Waals surface area contributed by atoms with Gasteiger partial charge in [0.2, 0.25) is 0 Å². The molecule has 6 heteroatoms. The van der Waals surface area contributed by atoms with E-state index in [1.54, 1.807) is 0 Å². The molecule has 0 heterocycles. The molecule has 0 radical (unpaired) electrons. The minimum Gasteiger partial charge on any atom is -0.750 e. The van der Waals surface area contributed by atoms with Crippen LogP contribution in [0.2, 0.25) is 0 Å². The fourth-order valence-electron chi connectivity index (χ4n) is 0.706. The molecule has 0 saturated heterocycles. The van der Waals surface area contributed by atoms with E-state index >= 15 is 0 Å². The molecule has 0 saturated carbocycles. The Morgan fingerprint density at radius 2 is 2.17 bits per heavy atom. The SMILES string of the molecule is NCCNCCCCOS(=O)[O-]. The molecule has 1 atom stereocenters. The topological polar surface area (TPSA) is 87.4 Å². The summed E-state index contributed by atoms with van der Waals surface area (Å²) in [6.07, 6.45) is 1.64. The zero-order valence-corrected chi connectivity index (χ0v) is 7.77. The van der Waals surface area contributed by atoms with Gasteiger partial charge < -0.3 is 19.8 Å². The number of unbranched alkanes of at least 4 members (excludes halogenated alkanes) is 1. The summed E-state index contributed by atoms with van der Waals surface area (Å²) in [6.45, 7) is 2.54. The van der Waals surface area contributed by atoms with E-state index in [-0.39, 0.29) is 6.61 Å². The van der Waals surface area contributed by atoms with Gasteiger partial charge in [0.1, 0.15) is 0 Å². The van der Waals surface area contributed by atoms with Gasteiger partial charge in [-0.2, -0.15) is 0 Å². The highest BCUT2D eigenvalue weighted by atomic mass is 32.2. The van der Waals surface area contributed by atoms with Crippen LogP contribution in [-0.4, -0.2) is 35.0 Å². The van der Waals surface area contributed by atoms with Crippen molar-refractivity contribution < 1.29 is 12.9 Å². The molecule has 0 aliphatic heterocycles.